The summed E-state index contributed by atoms with van der Waals surface area (Å²) in [5.41, 5.74) is 19.0. The second-order valence-electron chi connectivity index (χ2n) is 19.2. The van der Waals surface area contributed by atoms with Crippen molar-refractivity contribution in [1.29, 1.82) is 0 Å². The van der Waals surface area contributed by atoms with Crippen LogP contribution in [-0.2, 0) is 53.4 Å². The van der Waals surface area contributed by atoms with Gasteiger partial charge in [0.15, 0.2) is 112 Å². The summed E-state index contributed by atoms with van der Waals surface area (Å²) in [6.07, 6.45) is 38.6. The smallest absolute Gasteiger partial charge is 0.206 e. The Morgan fingerprint density at radius 1 is 0.319 bits per heavy atom. The lowest BCUT2D eigenvalue weighted by molar-refractivity contribution is -0.778. The molecule has 10 aromatic rings. The van der Waals surface area contributed by atoms with E-state index in [1.54, 1.807) is 0 Å². The van der Waals surface area contributed by atoms with Gasteiger partial charge < -0.3 is 0 Å². The highest BCUT2D eigenvalue weighted by atomic mass is 15.0. The number of aryl methyl sites for hydroxylation is 10. The topological polar surface area (TPSA) is 56.8 Å². The molecule has 0 unspecified atom stereocenters. The molecular weight excluding hydrogens is 885 g/mol. The summed E-state index contributed by atoms with van der Waals surface area (Å²) < 4.78 is 17.7. The fourth-order valence-electron chi connectivity index (χ4n) is 9.63. The molecule has 10 heteroatoms. The maximum atomic E-state index is 4.77. The Bertz CT molecular complexity index is 3280. The van der Waals surface area contributed by atoms with Gasteiger partial charge in [0.2, 0.25) is 26.2 Å². The highest BCUT2D eigenvalue weighted by molar-refractivity contribution is 5.69. The van der Waals surface area contributed by atoms with Crippen molar-refractivity contribution < 1.29 is 36.5 Å². The van der Waals surface area contributed by atoms with Crippen molar-refractivity contribution in [3.63, 3.8) is 0 Å². The van der Waals surface area contributed by atoms with Crippen LogP contribution in [0.5, 0.6) is 0 Å². The van der Waals surface area contributed by atoms with Crippen LogP contribution in [0.2, 0.25) is 0 Å². The van der Waals surface area contributed by atoms with Crippen LogP contribution in [0.3, 0.4) is 0 Å². The van der Waals surface area contributed by atoms with Crippen molar-refractivity contribution >= 4 is 0 Å². The molecule has 0 fully saturated rings. The van der Waals surface area contributed by atoms with E-state index in [0.717, 1.165) is 50.7 Å². The molecule has 0 aromatic carbocycles. The number of aromatic nitrogens is 10. The summed E-state index contributed by atoms with van der Waals surface area (Å²) >= 11 is 0. The summed E-state index contributed by atoms with van der Waals surface area (Å²) in [5, 5.41) is 0. The Balaban J connectivity index is 0.741. The molecule has 72 heavy (non-hydrogen) atoms. The number of pyridine rings is 10. The predicted molar refractivity (Wildman–Crippen MR) is 276 cm³/mol. The Labute approximate surface area is 423 Å². The average molecular weight is 949 g/mol. The molecule has 0 aliphatic carbocycles. The maximum absolute atomic E-state index is 4.77. The Hall–Kier alpha value is -8.50. The predicted octanol–water partition coefficient (Wildman–Crippen LogP) is 6.92. The van der Waals surface area contributed by atoms with Gasteiger partial charge in [-0.1, -0.05) is 0 Å². The van der Waals surface area contributed by atoms with E-state index in [2.05, 4.69) is 260 Å². The first-order valence-corrected chi connectivity index (χ1v) is 24.9. The molecule has 0 saturated carbocycles. The van der Waals surface area contributed by atoms with Crippen molar-refractivity contribution in [3.05, 3.63) is 242 Å². The number of hydrogen-bond donors (Lipinski definition) is 0. The second-order valence-corrected chi connectivity index (χ2v) is 19.2. The molecule has 0 radical (unpaired) electrons. The molecule has 354 valence electrons. The fourth-order valence-corrected chi connectivity index (χ4v) is 9.63. The zero-order valence-electron chi connectivity index (χ0n) is 42.3. The molecule has 10 rings (SSSR count). The van der Waals surface area contributed by atoms with Gasteiger partial charge in [-0.25, -0.2) is 18.3 Å². The molecular formula is C62H64N10+8. The zero-order valence-corrected chi connectivity index (χ0v) is 42.3. The Kier molecular flexibility index (Phi) is 13.9. The van der Waals surface area contributed by atoms with E-state index in [4.69, 9.17) is 9.97 Å². The van der Waals surface area contributed by atoms with Crippen LogP contribution in [0.4, 0.5) is 0 Å². The van der Waals surface area contributed by atoms with Gasteiger partial charge in [0.05, 0.1) is 11.4 Å². The second kappa shape index (κ2) is 21.2. The van der Waals surface area contributed by atoms with Gasteiger partial charge in [-0.3, -0.25) is 9.97 Å². The van der Waals surface area contributed by atoms with Gasteiger partial charge in [-0.05, 0) is 96.5 Å². The van der Waals surface area contributed by atoms with Crippen LogP contribution in [0, 0.1) is 27.7 Å². The van der Waals surface area contributed by atoms with E-state index in [0.29, 0.717) is 0 Å². The lowest BCUT2D eigenvalue weighted by Crippen LogP contribution is -2.44. The summed E-state index contributed by atoms with van der Waals surface area (Å²) in [7, 11) is 4.08. The minimum absolute atomic E-state index is 0.734. The van der Waals surface area contributed by atoms with Crippen molar-refractivity contribution in [2.45, 2.75) is 67.0 Å². The number of nitrogens with zero attached hydrogens (tertiary/aromatic N) is 10. The SMILES string of the molecule is Cc1c[n+](CC[n+]2ccc(-c3cc[n+](C)cc3)cc2)ccc1-c1cc[n+](Cc2ccnc(-c3cc(C[n+]4ccc(-c5cc[n+](CC[n+]6ccc(-c7cc[n+](C)cc7)cc6)cc5C)c(C)c4)ccn3)c2)cc1C. The summed E-state index contributed by atoms with van der Waals surface area (Å²) in [5.74, 6) is 0. The molecule has 0 N–H and O–H groups in total. The van der Waals surface area contributed by atoms with Gasteiger partial charge in [0, 0.05) is 119 Å². The van der Waals surface area contributed by atoms with Crippen molar-refractivity contribution in [2.24, 2.45) is 14.1 Å². The van der Waals surface area contributed by atoms with Crippen LogP contribution in [0.15, 0.2) is 209 Å². The van der Waals surface area contributed by atoms with E-state index in [1.807, 2.05) is 26.5 Å². The van der Waals surface area contributed by atoms with Crippen molar-refractivity contribution in [1.82, 2.24) is 9.97 Å². The van der Waals surface area contributed by atoms with Crippen LogP contribution in [-0.4, -0.2) is 9.97 Å². The highest BCUT2D eigenvalue weighted by Gasteiger charge is 2.18. The van der Waals surface area contributed by atoms with E-state index >= 15 is 0 Å². The first-order chi connectivity index (χ1) is 35.1. The zero-order chi connectivity index (χ0) is 49.6. The number of rotatable bonds is 15. The third-order valence-corrected chi connectivity index (χ3v) is 13.7. The van der Waals surface area contributed by atoms with E-state index in [9.17, 15) is 0 Å². The molecule has 0 aliphatic rings. The van der Waals surface area contributed by atoms with Gasteiger partial charge in [0.25, 0.3) is 0 Å². The molecule has 0 atom stereocenters. The van der Waals surface area contributed by atoms with E-state index in [-0.39, 0.29) is 0 Å². The van der Waals surface area contributed by atoms with Gasteiger partial charge >= 0.3 is 0 Å². The quantitative estimate of drug-likeness (QED) is 0.105. The van der Waals surface area contributed by atoms with Gasteiger partial charge in [-0.15, -0.1) is 0 Å². The van der Waals surface area contributed by atoms with E-state index < -0.39 is 0 Å². The Morgan fingerprint density at radius 3 is 0.931 bits per heavy atom. The normalized spacial score (nSPS) is 11.2. The molecule has 0 saturated heterocycles. The molecule has 0 amide bonds. The first-order valence-electron chi connectivity index (χ1n) is 24.9. The molecule has 10 nitrogen and oxygen atoms in total. The first kappa shape index (κ1) is 47.2. The Morgan fingerprint density at radius 2 is 0.597 bits per heavy atom. The van der Waals surface area contributed by atoms with Gasteiger partial charge in [-0.2, -0.15) is 18.3 Å². The standard InChI is InChI=1S/C62H64N10/c1-47-41-69(37-35-67-27-13-55(14-28-67)53-9-23-65(5)24-10-53)31-17-57(47)59-19-33-71(43-49(59)3)45-51-7-21-63-61(39-51)62-40-52(8-22-64-62)46-72-34-20-60(50(4)44-72)58-18-32-70(42-48(58)2)38-36-68-29-15-56(16-30-68)54-11-25-66(6)26-12-54/h7-34,39-44H,35-38,45-46H2,1-6H3/q+8. The average Bonchev–Trinajstić information content (AvgIpc) is 3.39. The van der Waals surface area contributed by atoms with Crippen molar-refractivity contribution in [2.75, 3.05) is 0 Å². The largest absolute Gasteiger partial charge is 0.255 e. The number of hydrogen-bond acceptors (Lipinski definition) is 2. The molecule has 0 aliphatic heterocycles. The summed E-state index contributed by atoms with van der Waals surface area (Å²) in [6, 6.07) is 34.9. The third-order valence-electron chi connectivity index (χ3n) is 13.7. The lowest BCUT2D eigenvalue weighted by atomic mass is 9.99. The van der Waals surface area contributed by atoms with Crippen LogP contribution >= 0.6 is 0 Å². The van der Waals surface area contributed by atoms with Crippen LogP contribution in [0.1, 0.15) is 33.4 Å². The summed E-state index contributed by atoms with van der Waals surface area (Å²) in [6.45, 7) is 13.9. The molecule has 10 heterocycles. The maximum Gasteiger partial charge on any atom is 0.206 e. The molecule has 0 spiro atoms. The lowest BCUT2D eigenvalue weighted by Gasteiger charge is -2.09. The van der Waals surface area contributed by atoms with Crippen molar-refractivity contribution in [3.8, 4) is 55.9 Å². The summed E-state index contributed by atoms with van der Waals surface area (Å²) in [4.78, 5) is 9.53. The van der Waals surface area contributed by atoms with Crippen LogP contribution < -0.4 is 36.5 Å². The fraction of sp³-hybridized carbons (Fsp3) is 0.194. The minimum Gasteiger partial charge on any atom is -0.255 e. The highest BCUT2D eigenvalue weighted by Crippen LogP contribution is 2.26. The third kappa shape index (κ3) is 11.2. The van der Waals surface area contributed by atoms with Crippen LogP contribution in [0.25, 0.3) is 55.9 Å². The van der Waals surface area contributed by atoms with E-state index in [1.165, 1.54) is 77.9 Å². The molecule has 0 bridgehead atoms. The minimum atomic E-state index is 0.734. The monoisotopic (exact) mass is 949 g/mol. The van der Waals surface area contributed by atoms with Gasteiger partial charge in [0.1, 0.15) is 14.1 Å². The molecule has 10 aromatic heterocycles.